The summed E-state index contributed by atoms with van der Waals surface area (Å²) in [7, 11) is 0. The van der Waals surface area contributed by atoms with E-state index in [1.165, 1.54) is 19.4 Å². The Bertz CT molecular complexity index is 599. The molecule has 3 rings (SSSR count). The van der Waals surface area contributed by atoms with Gasteiger partial charge in [-0.3, -0.25) is 4.98 Å². The van der Waals surface area contributed by atoms with Crippen molar-refractivity contribution < 1.29 is 0 Å². The fourth-order valence-corrected chi connectivity index (χ4v) is 3.09. The number of nitrogens with one attached hydrogen (secondary N) is 1. The Morgan fingerprint density at radius 2 is 2.30 bits per heavy atom. The Labute approximate surface area is 124 Å². The Morgan fingerprint density at radius 1 is 1.40 bits per heavy atom. The second-order valence-corrected chi connectivity index (χ2v) is 5.83. The summed E-state index contributed by atoms with van der Waals surface area (Å²) in [6.45, 7) is 5.70. The first-order valence-corrected chi connectivity index (χ1v) is 7.67. The molecule has 1 fully saturated rings. The van der Waals surface area contributed by atoms with Crippen molar-refractivity contribution in [2.45, 2.75) is 25.8 Å². The van der Waals surface area contributed by atoms with Gasteiger partial charge in [0, 0.05) is 34.9 Å². The molecule has 1 atom stereocenters. The highest BCUT2D eigenvalue weighted by atomic mass is 35.5. The lowest BCUT2D eigenvalue weighted by Gasteiger charge is -2.33. The minimum Gasteiger partial charge on any atom is -0.380 e. The van der Waals surface area contributed by atoms with Crippen molar-refractivity contribution in [3.8, 4) is 0 Å². The fourth-order valence-electron chi connectivity index (χ4n) is 2.93. The first kappa shape index (κ1) is 13.7. The molecule has 0 spiro atoms. The predicted molar refractivity (Wildman–Crippen MR) is 85.5 cm³/mol. The highest BCUT2D eigenvalue weighted by molar-refractivity contribution is 6.31. The number of aromatic nitrogens is 1. The highest BCUT2D eigenvalue weighted by Crippen LogP contribution is 2.26. The molecule has 0 aliphatic carbocycles. The average Bonchev–Trinajstić information content (AvgIpc) is 2.47. The minimum atomic E-state index is 0.518. The summed E-state index contributed by atoms with van der Waals surface area (Å²) in [5.74, 6) is 0. The van der Waals surface area contributed by atoms with E-state index in [0.717, 1.165) is 34.7 Å². The van der Waals surface area contributed by atoms with Crippen LogP contribution in [0, 0.1) is 0 Å². The standard InChI is InChI=1S/C16H20ClN3/c1-2-20-9-3-4-13(11-20)19-15-7-8-18-16-10-12(17)5-6-14(15)16/h5-8,10,13H,2-4,9,11H2,1H3,(H,18,19)/t13-/m1/s1. The van der Waals surface area contributed by atoms with Gasteiger partial charge < -0.3 is 10.2 Å². The molecule has 2 aromatic rings. The van der Waals surface area contributed by atoms with Crippen LogP contribution >= 0.6 is 11.6 Å². The van der Waals surface area contributed by atoms with Crippen molar-refractivity contribution in [3.05, 3.63) is 35.5 Å². The molecule has 3 nitrogen and oxygen atoms in total. The fraction of sp³-hybridized carbons (Fsp3) is 0.438. The van der Waals surface area contributed by atoms with Gasteiger partial charge in [0.15, 0.2) is 0 Å². The quantitative estimate of drug-likeness (QED) is 0.932. The van der Waals surface area contributed by atoms with Gasteiger partial charge in [0.05, 0.1) is 5.52 Å². The molecule has 106 valence electrons. The summed E-state index contributed by atoms with van der Waals surface area (Å²) in [6.07, 6.45) is 4.34. The molecule has 0 unspecified atom stereocenters. The SMILES string of the molecule is CCN1CCC[C@@H](Nc2ccnc3cc(Cl)ccc23)C1. The second-order valence-electron chi connectivity index (χ2n) is 5.40. The summed E-state index contributed by atoms with van der Waals surface area (Å²) >= 11 is 6.03. The van der Waals surface area contributed by atoms with Crippen molar-refractivity contribution in [2.24, 2.45) is 0 Å². The zero-order chi connectivity index (χ0) is 13.9. The Morgan fingerprint density at radius 3 is 3.15 bits per heavy atom. The molecule has 4 heteroatoms. The van der Waals surface area contributed by atoms with Crippen molar-refractivity contribution in [1.82, 2.24) is 9.88 Å². The Hall–Kier alpha value is -1.32. The van der Waals surface area contributed by atoms with Crippen LogP contribution in [0.1, 0.15) is 19.8 Å². The van der Waals surface area contributed by atoms with E-state index < -0.39 is 0 Å². The lowest BCUT2D eigenvalue weighted by Crippen LogP contribution is -2.41. The van der Waals surface area contributed by atoms with Crippen LogP contribution < -0.4 is 5.32 Å². The number of hydrogen-bond donors (Lipinski definition) is 1. The molecular formula is C16H20ClN3. The molecule has 1 N–H and O–H groups in total. The van der Waals surface area contributed by atoms with Gasteiger partial charge in [0.1, 0.15) is 0 Å². The molecule has 1 aliphatic rings. The number of nitrogens with zero attached hydrogens (tertiary/aromatic N) is 2. The number of pyridine rings is 1. The van der Waals surface area contributed by atoms with Gasteiger partial charge in [-0.15, -0.1) is 0 Å². The lowest BCUT2D eigenvalue weighted by molar-refractivity contribution is 0.227. The number of benzene rings is 1. The molecule has 20 heavy (non-hydrogen) atoms. The summed E-state index contributed by atoms with van der Waals surface area (Å²) in [4.78, 5) is 6.89. The molecule has 0 saturated carbocycles. The normalized spacial score (nSPS) is 20.2. The molecule has 2 heterocycles. The number of halogens is 1. The third-order valence-corrected chi connectivity index (χ3v) is 4.25. The maximum atomic E-state index is 6.03. The zero-order valence-electron chi connectivity index (χ0n) is 11.8. The maximum absolute atomic E-state index is 6.03. The smallest absolute Gasteiger partial charge is 0.0737 e. The van der Waals surface area contributed by atoms with Crippen LogP contribution in [0.15, 0.2) is 30.5 Å². The number of fused-ring (bicyclic) bond motifs is 1. The third-order valence-electron chi connectivity index (χ3n) is 4.02. The van der Waals surface area contributed by atoms with Crippen molar-refractivity contribution in [2.75, 3.05) is 25.0 Å². The molecule has 0 amide bonds. The highest BCUT2D eigenvalue weighted by Gasteiger charge is 2.19. The minimum absolute atomic E-state index is 0.518. The summed E-state index contributed by atoms with van der Waals surface area (Å²) in [5.41, 5.74) is 2.11. The third kappa shape index (κ3) is 2.89. The number of likely N-dealkylation sites (N-methyl/N-ethyl adjacent to an activating group) is 1. The molecule has 1 aliphatic heterocycles. The van der Waals surface area contributed by atoms with E-state index in [0.29, 0.717) is 6.04 Å². The maximum Gasteiger partial charge on any atom is 0.0737 e. The zero-order valence-corrected chi connectivity index (χ0v) is 12.5. The molecule has 0 radical (unpaired) electrons. The van der Waals surface area contributed by atoms with Gasteiger partial charge in [0.2, 0.25) is 0 Å². The van der Waals surface area contributed by atoms with Gasteiger partial charge in [-0.05, 0) is 50.2 Å². The number of likely N-dealkylation sites (tertiary alicyclic amines) is 1. The molecular weight excluding hydrogens is 270 g/mol. The summed E-state index contributed by atoms with van der Waals surface area (Å²) < 4.78 is 0. The van der Waals surface area contributed by atoms with Crippen molar-refractivity contribution in [1.29, 1.82) is 0 Å². The van der Waals surface area contributed by atoms with E-state index in [-0.39, 0.29) is 0 Å². The molecule has 1 aromatic heterocycles. The summed E-state index contributed by atoms with van der Waals surface area (Å²) in [6, 6.07) is 8.47. The largest absolute Gasteiger partial charge is 0.380 e. The number of anilines is 1. The van der Waals surface area contributed by atoms with Crippen LogP contribution in [0.2, 0.25) is 5.02 Å². The average molecular weight is 290 g/mol. The lowest BCUT2D eigenvalue weighted by atomic mass is 10.0. The van der Waals surface area contributed by atoms with Crippen LogP contribution in [-0.2, 0) is 0 Å². The second kappa shape index (κ2) is 5.98. The monoisotopic (exact) mass is 289 g/mol. The molecule has 1 saturated heterocycles. The van der Waals surface area contributed by atoms with Gasteiger partial charge in [0.25, 0.3) is 0 Å². The van der Waals surface area contributed by atoms with Crippen LogP contribution in [0.4, 0.5) is 5.69 Å². The number of piperidine rings is 1. The van der Waals surface area contributed by atoms with E-state index in [1.54, 1.807) is 0 Å². The Balaban J connectivity index is 1.83. The molecule has 0 bridgehead atoms. The van der Waals surface area contributed by atoms with E-state index >= 15 is 0 Å². The van der Waals surface area contributed by atoms with Gasteiger partial charge in [-0.2, -0.15) is 0 Å². The van der Waals surface area contributed by atoms with Crippen LogP contribution in [0.5, 0.6) is 0 Å². The number of hydrogen-bond acceptors (Lipinski definition) is 3. The van der Waals surface area contributed by atoms with Crippen molar-refractivity contribution in [3.63, 3.8) is 0 Å². The first-order chi connectivity index (χ1) is 9.76. The van der Waals surface area contributed by atoms with Crippen LogP contribution in [-0.4, -0.2) is 35.6 Å². The van der Waals surface area contributed by atoms with E-state index in [9.17, 15) is 0 Å². The van der Waals surface area contributed by atoms with E-state index in [4.69, 9.17) is 11.6 Å². The van der Waals surface area contributed by atoms with E-state index in [1.807, 2.05) is 24.4 Å². The topological polar surface area (TPSA) is 28.2 Å². The van der Waals surface area contributed by atoms with Gasteiger partial charge in [-0.1, -0.05) is 18.5 Å². The van der Waals surface area contributed by atoms with Gasteiger partial charge >= 0.3 is 0 Å². The van der Waals surface area contributed by atoms with Crippen LogP contribution in [0.3, 0.4) is 0 Å². The van der Waals surface area contributed by atoms with Gasteiger partial charge in [-0.25, -0.2) is 0 Å². The predicted octanol–water partition coefficient (Wildman–Crippen LogP) is 3.78. The number of rotatable bonds is 3. The van der Waals surface area contributed by atoms with E-state index in [2.05, 4.69) is 28.2 Å². The molecule has 1 aromatic carbocycles. The first-order valence-electron chi connectivity index (χ1n) is 7.29. The van der Waals surface area contributed by atoms with Crippen LogP contribution in [0.25, 0.3) is 10.9 Å². The summed E-state index contributed by atoms with van der Waals surface area (Å²) in [5, 5.41) is 5.56. The van der Waals surface area contributed by atoms with Crippen molar-refractivity contribution >= 4 is 28.2 Å². The Kier molecular flexibility index (Phi) is 4.08.